The Labute approximate surface area is 356 Å². The molecule has 1 N–H and O–H groups in total. The number of nitrogens with one attached hydrogen (secondary N) is 1. The summed E-state index contributed by atoms with van der Waals surface area (Å²) in [5.74, 6) is -1.06. The van der Waals surface area contributed by atoms with Crippen molar-refractivity contribution in [2.75, 3.05) is 66.7 Å². The third-order valence-electron chi connectivity index (χ3n) is 10.8. The van der Waals surface area contributed by atoms with Gasteiger partial charge >= 0.3 is 11.9 Å². The second kappa shape index (κ2) is 41.3. The van der Waals surface area contributed by atoms with E-state index in [4.69, 9.17) is 14.2 Å². The lowest BCUT2D eigenvalue weighted by atomic mass is 9.94. The number of nitrogens with zero attached hydrogens (tertiary/aromatic N) is 2. The Balaban J connectivity index is 5.31. The number of likely N-dealkylation sites (N-methyl/N-ethyl adjacent to an activating group) is 1. The fraction of sp³-hybridized carbons (Fsp3) is 0.875. The summed E-state index contributed by atoms with van der Waals surface area (Å²) in [6.45, 7) is 12.1. The molecule has 0 aromatic heterocycles. The molecule has 58 heavy (non-hydrogen) atoms. The summed E-state index contributed by atoms with van der Waals surface area (Å²) in [6, 6.07) is 0. The molecule has 10 nitrogen and oxygen atoms in total. The van der Waals surface area contributed by atoms with Gasteiger partial charge in [-0.3, -0.25) is 19.2 Å². The van der Waals surface area contributed by atoms with Crippen LogP contribution in [-0.2, 0) is 33.4 Å². The minimum atomic E-state index is -0.363. The Hall–Kier alpha value is -2.46. The zero-order chi connectivity index (χ0) is 42.9. The maximum atomic E-state index is 13.4. The van der Waals surface area contributed by atoms with E-state index in [0.29, 0.717) is 45.7 Å². The zero-order valence-electron chi connectivity index (χ0n) is 38.6. The van der Waals surface area contributed by atoms with Crippen molar-refractivity contribution in [2.24, 2.45) is 11.8 Å². The first-order valence-corrected chi connectivity index (χ1v) is 24.0. The Morgan fingerprint density at radius 2 is 0.879 bits per heavy atom. The van der Waals surface area contributed by atoms with Crippen molar-refractivity contribution < 1.29 is 33.4 Å². The Morgan fingerprint density at radius 1 is 0.483 bits per heavy atom. The van der Waals surface area contributed by atoms with Gasteiger partial charge in [-0.15, -0.1) is 0 Å². The average Bonchev–Trinajstić information content (AvgIpc) is 3.21. The van der Waals surface area contributed by atoms with E-state index in [-0.39, 0.29) is 48.8 Å². The van der Waals surface area contributed by atoms with Gasteiger partial charge in [0.05, 0.1) is 38.3 Å². The summed E-state index contributed by atoms with van der Waals surface area (Å²) in [7, 11) is 3.95. The van der Waals surface area contributed by atoms with E-state index in [9.17, 15) is 19.2 Å². The summed E-state index contributed by atoms with van der Waals surface area (Å²) in [5.41, 5.74) is 0. The zero-order valence-corrected chi connectivity index (χ0v) is 38.6. The fourth-order valence-corrected chi connectivity index (χ4v) is 7.07. The largest absolute Gasteiger partial charge is 0.465 e. The number of esters is 2. The molecular weight excluding hydrogens is 731 g/mol. The number of carbonyl (C=O) groups is 4. The average molecular weight is 822 g/mol. The molecule has 2 atom stereocenters. The Bertz CT molecular complexity index is 969. The molecule has 0 aromatic carbocycles. The van der Waals surface area contributed by atoms with Crippen molar-refractivity contribution in [2.45, 2.75) is 195 Å². The van der Waals surface area contributed by atoms with Crippen LogP contribution in [0.3, 0.4) is 0 Å². The Kier molecular flexibility index (Phi) is 39.5. The standard InChI is InChI=1S/C48H91N3O7/c1-7-11-15-19-21-25-31-43(29-23-17-13-9-3)47(54)57-39-27-36-51(46(53)34-33-45(52)49-35-41-56-42-38-50(5)6)37-28-40-58-48(55)44(30-24-18-14-10-4)32-26-22-20-16-12-8-2/h33-34,43-44H,7-32,35-42H2,1-6H3,(H,49,52). The molecule has 0 aromatic rings. The predicted octanol–water partition coefficient (Wildman–Crippen LogP) is 10.6. The predicted molar refractivity (Wildman–Crippen MR) is 240 cm³/mol. The van der Waals surface area contributed by atoms with Crippen molar-refractivity contribution in [1.29, 1.82) is 0 Å². The highest BCUT2D eigenvalue weighted by molar-refractivity contribution is 5.96. The smallest absolute Gasteiger partial charge is 0.308 e. The molecule has 0 heterocycles. The van der Waals surface area contributed by atoms with E-state index in [1.54, 1.807) is 4.90 Å². The first-order valence-electron chi connectivity index (χ1n) is 24.0. The van der Waals surface area contributed by atoms with E-state index in [0.717, 1.165) is 96.4 Å². The maximum absolute atomic E-state index is 13.4. The van der Waals surface area contributed by atoms with Crippen LogP contribution >= 0.6 is 0 Å². The molecule has 340 valence electrons. The van der Waals surface area contributed by atoms with E-state index in [1.165, 1.54) is 76.4 Å². The van der Waals surface area contributed by atoms with Gasteiger partial charge in [0.1, 0.15) is 0 Å². The van der Waals surface area contributed by atoms with Crippen LogP contribution in [0.15, 0.2) is 12.2 Å². The molecule has 0 rings (SSSR count). The molecule has 0 aliphatic rings. The second-order valence-electron chi connectivity index (χ2n) is 16.6. The number of carbonyl (C=O) groups excluding carboxylic acids is 4. The van der Waals surface area contributed by atoms with Crippen LogP contribution in [-0.4, -0.2) is 100 Å². The first-order chi connectivity index (χ1) is 28.2. The van der Waals surface area contributed by atoms with Gasteiger partial charge in [-0.25, -0.2) is 0 Å². The third kappa shape index (κ3) is 34.4. The topological polar surface area (TPSA) is 114 Å². The van der Waals surface area contributed by atoms with Gasteiger partial charge in [-0.1, -0.05) is 156 Å². The van der Waals surface area contributed by atoms with Gasteiger partial charge < -0.3 is 29.3 Å². The van der Waals surface area contributed by atoms with Gasteiger partial charge in [0.15, 0.2) is 0 Å². The van der Waals surface area contributed by atoms with Crippen LogP contribution < -0.4 is 5.32 Å². The molecule has 2 amide bonds. The molecule has 0 aliphatic carbocycles. The summed E-state index contributed by atoms with van der Waals surface area (Å²) in [4.78, 5) is 56.0. The van der Waals surface area contributed by atoms with Crippen LogP contribution in [0.25, 0.3) is 0 Å². The van der Waals surface area contributed by atoms with Gasteiger partial charge in [0, 0.05) is 38.3 Å². The van der Waals surface area contributed by atoms with Gasteiger partial charge in [-0.05, 0) is 52.6 Å². The molecule has 2 unspecified atom stereocenters. The summed E-state index contributed by atoms with van der Waals surface area (Å²) in [5, 5.41) is 2.76. The quantitative estimate of drug-likeness (QED) is 0.0368. The molecule has 0 saturated heterocycles. The van der Waals surface area contributed by atoms with E-state index in [1.807, 2.05) is 19.0 Å². The van der Waals surface area contributed by atoms with Crippen LogP contribution in [0, 0.1) is 11.8 Å². The number of hydrogen-bond acceptors (Lipinski definition) is 8. The lowest BCUT2D eigenvalue weighted by molar-refractivity contribution is -0.150. The monoisotopic (exact) mass is 822 g/mol. The highest BCUT2D eigenvalue weighted by atomic mass is 16.5. The molecular formula is C48H91N3O7. The van der Waals surface area contributed by atoms with Gasteiger partial charge in [0.25, 0.3) is 0 Å². The van der Waals surface area contributed by atoms with Gasteiger partial charge in [0.2, 0.25) is 11.8 Å². The van der Waals surface area contributed by atoms with Crippen LogP contribution in [0.5, 0.6) is 0 Å². The van der Waals surface area contributed by atoms with Crippen molar-refractivity contribution in [1.82, 2.24) is 15.1 Å². The minimum Gasteiger partial charge on any atom is -0.465 e. The van der Waals surface area contributed by atoms with Gasteiger partial charge in [-0.2, -0.15) is 0 Å². The van der Waals surface area contributed by atoms with Crippen LogP contribution in [0.1, 0.15) is 195 Å². The minimum absolute atomic E-state index is 0.0770. The summed E-state index contributed by atoms with van der Waals surface area (Å²) >= 11 is 0. The van der Waals surface area contributed by atoms with Crippen molar-refractivity contribution >= 4 is 23.8 Å². The van der Waals surface area contributed by atoms with Crippen LogP contribution in [0.2, 0.25) is 0 Å². The van der Waals surface area contributed by atoms with E-state index < -0.39 is 0 Å². The van der Waals surface area contributed by atoms with Crippen molar-refractivity contribution in [3.8, 4) is 0 Å². The number of amides is 2. The molecule has 0 spiro atoms. The lowest BCUT2D eigenvalue weighted by Crippen LogP contribution is -2.34. The lowest BCUT2D eigenvalue weighted by Gasteiger charge is -2.22. The summed E-state index contributed by atoms with van der Waals surface area (Å²) in [6.07, 6.45) is 30.4. The fourth-order valence-electron chi connectivity index (χ4n) is 7.07. The molecule has 0 bridgehead atoms. The number of hydrogen-bond donors (Lipinski definition) is 1. The van der Waals surface area contributed by atoms with E-state index in [2.05, 4.69) is 33.0 Å². The van der Waals surface area contributed by atoms with E-state index >= 15 is 0 Å². The first kappa shape index (κ1) is 55.5. The second-order valence-corrected chi connectivity index (χ2v) is 16.6. The SMILES string of the molecule is CCCCCCCCC(CCCCCC)C(=O)OCCCN(CCCOC(=O)C(CCCCCC)CCCCCCCC)C(=O)C=CC(=O)NCCOCCN(C)C. The van der Waals surface area contributed by atoms with Crippen LogP contribution in [0.4, 0.5) is 0 Å². The number of unbranched alkanes of at least 4 members (excludes halogenated alkanes) is 16. The molecule has 0 aliphatic heterocycles. The third-order valence-corrected chi connectivity index (χ3v) is 10.8. The maximum Gasteiger partial charge on any atom is 0.308 e. The molecule has 0 radical (unpaired) electrons. The highest BCUT2D eigenvalue weighted by Gasteiger charge is 2.21. The Morgan fingerprint density at radius 3 is 1.29 bits per heavy atom. The molecule has 0 saturated carbocycles. The number of ether oxygens (including phenoxy) is 3. The normalized spacial score (nSPS) is 12.5. The molecule has 10 heteroatoms. The van der Waals surface area contributed by atoms with Crippen molar-refractivity contribution in [3.63, 3.8) is 0 Å². The molecule has 0 fully saturated rings. The summed E-state index contributed by atoms with van der Waals surface area (Å²) < 4.78 is 17.2. The number of rotatable bonds is 42. The highest BCUT2D eigenvalue weighted by Crippen LogP contribution is 2.22. The van der Waals surface area contributed by atoms with Crippen molar-refractivity contribution in [3.05, 3.63) is 12.2 Å².